The van der Waals surface area contributed by atoms with E-state index in [0.29, 0.717) is 11.3 Å². The summed E-state index contributed by atoms with van der Waals surface area (Å²) < 4.78 is 0. The molecule has 22 heavy (non-hydrogen) atoms. The van der Waals surface area contributed by atoms with Crippen LogP contribution in [0.1, 0.15) is 22.8 Å². The van der Waals surface area contributed by atoms with E-state index >= 15 is 0 Å². The maximum absolute atomic E-state index is 12.3. The van der Waals surface area contributed by atoms with Gasteiger partial charge in [-0.15, -0.1) is 0 Å². The third-order valence-corrected chi connectivity index (χ3v) is 4.36. The summed E-state index contributed by atoms with van der Waals surface area (Å²) in [6, 6.07) is 8.45. The number of nitrogens with two attached hydrogens (primary N) is 1. The van der Waals surface area contributed by atoms with Gasteiger partial charge in [0.1, 0.15) is 6.54 Å². The quantitative estimate of drug-likeness (QED) is 0.740. The molecule has 0 radical (unpaired) electrons. The molecule has 0 saturated carbocycles. The Bertz CT molecular complexity index is 638. The molecular weight excluding hydrogens is 298 g/mol. The molecule has 0 saturated heterocycles. The Kier molecular flexibility index (Phi) is 5.30. The van der Waals surface area contributed by atoms with Gasteiger partial charge in [-0.25, -0.2) is 0 Å². The summed E-state index contributed by atoms with van der Waals surface area (Å²) in [5, 5.41) is 6.99. The molecule has 1 aromatic heterocycles. The molecule has 2 amide bonds. The molecule has 4 N–H and O–H groups in total. The third-order valence-electron chi connectivity index (χ3n) is 3.63. The molecule has 0 bridgehead atoms. The fraction of sp³-hybridized carbons (Fsp3) is 0.250. The molecule has 0 aliphatic rings. The second-order valence-electron chi connectivity index (χ2n) is 5.31. The van der Waals surface area contributed by atoms with Crippen LogP contribution in [0.3, 0.4) is 0 Å². The number of quaternary nitrogens is 1. The van der Waals surface area contributed by atoms with Crippen molar-refractivity contribution in [3.8, 4) is 0 Å². The molecule has 116 valence electrons. The summed E-state index contributed by atoms with van der Waals surface area (Å²) in [7, 11) is 2.00. The van der Waals surface area contributed by atoms with Crippen LogP contribution in [0, 0.1) is 0 Å². The SMILES string of the molecule is C[C@@H](C(=O)Nc1ccc(C(N)=O)cc1)[NH+](C)Cc1ccsc1. The highest BCUT2D eigenvalue weighted by atomic mass is 32.1. The predicted molar refractivity (Wildman–Crippen MR) is 88.0 cm³/mol. The van der Waals surface area contributed by atoms with Gasteiger partial charge in [-0.3, -0.25) is 9.59 Å². The van der Waals surface area contributed by atoms with Crippen LogP contribution in [0.2, 0.25) is 0 Å². The Morgan fingerprint density at radius 1 is 1.27 bits per heavy atom. The summed E-state index contributed by atoms with van der Waals surface area (Å²) >= 11 is 1.66. The van der Waals surface area contributed by atoms with Crippen LogP contribution in [-0.2, 0) is 11.3 Å². The molecule has 1 aromatic carbocycles. The third kappa shape index (κ3) is 4.16. The topological polar surface area (TPSA) is 76.6 Å². The summed E-state index contributed by atoms with van der Waals surface area (Å²) in [5.74, 6) is -0.536. The van der Waals surface area contributed by atoms with E-state index in [2.05, 4.69) is 16.8 Å². The van der Waals surface area contributed by atoms with Gasteiger partial charge in [0.15, 0.2) is 6.04 Å². The Balaban J connectivity index is 1.94. The van der Waals surface area contributed by atoms with Gasteiger partial charge in [0, 0.05) is 16.8 Å². The molecule has 2 atom stereocenters. The van der Waals surface area contributed by atoms with Gasteiger partial charge in [-0.1, -0.05) is 0 Å². The molecule has 0 aliphatic heterocycles. The number of hydrogen-bond acceptors (Lipinski definition) is 3. The zero-order valence-electron chi connectivity index (χ0n) is 12.6. The van der Waals surface area contributed by atoms with Crippen molar-refractivity contribution >= 4 is 28.8 Å². The molecule has 2 aromatic rings. The fourth-order valence-corrected chi connectivity index (χ4v) is 2.73. The van der Waals surface area contributed by atoms with Crippen LogP contribution >= 0.6 is 11.3 Å². The number of thiophene rings is 1. The summed E-state index contributed by atoms with van der Waals surface area (Å²) in [5.41, 5.74) is 7.50. The summed E-state index contributed by atoms with van der Waals surface area (Å²) in [4.78, 5) is 24.4. The van der Waals surface area contributed by atoms with Crippen LogP contribution in [0.25, 0.3) is 0 Å². The minimum atomic E-state index is -0.480. The Morgan fingerprint density at radius 3 is 2.50 bits per heavy atom. The summed E-state index contributed by atoms with van der Waals surface area (Å²) in [6.45, 7) is 2.70. The Morgan fingerprint density at radius 2 is 1.95 bits per heavy atom. The van der Waals surface area contributed by atoms with E-state index in [9.17, 15) is 9.59 Å². The van der Waals surface area contributed by atoms with Crippen molar-refractivity contribution in [2.75, 3.05) is 12.4 Å². The van der Waals surface area contributed by atoms with Crippen molar-refractivity contribution in [2.24, 2.45) is 5.73 Å². The highest BCUT2D eigenvalue weighted by Crippen LogP contribution is 2.09. The van der Waals surface area contributed by atoms with Gasteiger partial charge in [0.05, 0.1) is 7.05 Å². The minimum Gasteiger partial charge on any atom is -0.366 e. The fourth-order valence-electron chi connectivity index (χ4n) is 2.06. The normalized spacial score (nSPS) is 13.4. The second kappa shape index (κ2) is 7.20. The van der Waals surface area contributed by atoms with Gasteiger partial charge in [0.2, 0.25) is 5.91 Å². The van der Waals surface area contributed by atoms with Crippen LogP contribution in [-0.4, -0.2) is 24.9 Å². The number of rotatable bonds is 6. The predicted octanol–water partition coefficient (Wildman–Crippen LogP) is 0.889. The number of benzene rings is 1. The van der Waals surface area contributed by atoms with Gasteiger partial charge in [-0.2, -0.15) is 11.3 Å². The molecule has 6 heteroatoms. The lowest BCUT2D eigenvalue weighted by atomic mass is 10.2. The van der Waals surface area contributed by atoms with Crippen molar-refractivity contribution in [2.45, 2.75) is 19.5 Å². The van der Waals surface area contributed by atoms with E-state index in [1.54, 1.807) is 35.6 Å². The molecule has 1 unspecified atom stereocenters. The zero-order valence-corrected chi connectivity index (χ0v) is 13.4. The first-order valence-corrected chi connectivity index (χ1v) is 7.95. The van der Waals surface area contributed by atoms with Gasteiger partial charge >= 0.3 is 0 Å². The average Bonchev–Trinajstić information content (AvgIpc) is 2.99. The molecule has 5 nitrogen and oxygen atoms in total. The second-order valence-corrected chi connectivity index (χ2v) is 6.09. The van der Waals surface area contributed by atoms with E-state index in [0.717, 1.165) is 11.4 Å². The molecular formula is C16H20N3O2S+. The maximum Gasteiger partial charge on any atom is 0.282 e. The zero-order chi connectivity index (χ0) is 16.1. The van der Waals surface area contributed by atoms with Crippen LogP contribution in [0.5, 0.6) is 0 Å². The minimum absolute atomic E-state index is 0.0560. The molecule has 0 spiro atoms. The molecule has 0 fully saturated rings. The van der Waals surface area contributed by atoms with E-state index in [4.69, 9.17) is 5.73 Å². The van der Waals surface area contributed by atoms with E-state index in [1.807, 2.05) is 19.4 Å². The number of likely N-dealkylation sites (N-methyl/N-ethyl adjacent to an activating group) is 1. The first-order chi connectivity index (χ1) is 10.5. The average molecular weight is 318 g/mol. The largest absolute Gasteiger partial charge is 0.366 e. The highest BCUT2D eigenvalue weighted by Gasteiger charge is 2.22. The van der Waals surface area contributed by atoms with E-state index < -0.39 is 5.91 Å². The number of carbonyl (C=O) groups excluding carboxylic acids is 2. The lowest BCUT2D eigenvalue weighted by Gasteiger charge is -2.20. The van der Waals surface area contributed by atoms with Crippen molar-refractivity contribution in [3.05, 3.63) is 52.2 Å². The number of hydrogen-bond donors (Lipinski definition) is 3. The van der Waals surface area contributed by atoms with Crippen molar-refractivity contribution in [1.29, 1.82) is 0 Å². The van der Waals surface area contributed by atoms with E-state index in [-0.39, 0.29) is 11.9 Å². The molecule has 2 rings (SSSR count). The first-order valence-electron chi connectivity index (χ1n) is 7.01. The van der Waals surface area contributed by atoms with Crippen molar-refractivity contribution in [1.82, 2.24) is 0 Å². The van der Waals surface area contributed by atoms with Gasteiger partial charge < -0.3 is 16.0 Å². The maximum atomic E-state index is 12.3. The van der Waals surface area contributed by atoms with Crippen LogP contribution in [0.15, 0.2) is 41.1 Å². The number of carbonyl (C=O) groups is 2. The Hall–Kier alpha value is -2.18. The number of primary amides is 1. The van der Waals surface area contributed by atoms with Gasteiger partial charge in [-0.05, 0) is 48.0 Å². The monoisotopic (exact) mass is 318 g/mol. The smallest absolute Gasteiger partial charge is 0.282 e. The standard InChI is InChI=1S/C16H19N3O2S/c1-11(19(2)9-12-7-8-22-10-12)16(21)18-14-5-3-13(4-6-14)15(17)20/h3-8,10-11H,9H2,1-2H3,(H2,17,20)(H,18,21)/p+1/t11-/m0/s1. The van der Waals surface area contributed by atoms with Gasteiger partial charge in [0.25, 0.3) is 5.91 Å². The van der Waals surface area contributed by atoms with Crippen molar-refractivity contribution < 1.29 is 14.5 Å². The number of nitrogens with one attached hydrogen (secondary N) is 2. The van der Waals surface area contributed by atoms with Crippen LogP contribution < -0.4 is 16.0 Å². The number of anilines is 1. The lowest BCUT2D eigenvalue weighted by Crippen LogP contribution is -3.12. The van der Waals surface area contributed by atoms with E-state index in [1.165, 1.54) is 5.56 Å². The summed E-state index contributed by atoms with van der Waals surface area (Å²) in [6.07, 6.45) is 0. The molecule has 1 heterocycles. The van der Waals surface area contributed by atoms with Crippen molar-refractivity contribution in [3.63, 3.8) is 0 Å². The Labute approximate surface area is 133 Å². The lowest BCUT2D eigenvalue weighted by molar-refractivity contribution is -0.907. The number of amides is 2. The molecule has 0 aliphatic carbocycles. The van der Waals surface area contributed by atoms with Crippen LogP contribution in [0.4, 0.5) is 5.69 Å². The first kappa shape index (κ1) is 16.2. The highest BCUT2D eigenvalue weighted by molar-refractivity contribution is 7.07.